The molecule has 0 aromatic carbocycles. The van der Waals surface area contributed by atoms with Gasteiger partial charge >= 0.3 is 0 Å². The summed E-state index contributed by atoms with van der Waals surface area (Å²) in [4.78, 5) is 9.48. The van der Waals surface area contributed by atoms with Crippen molar-refractivity contribution in [3.05, 3.63) is 47.0 Å². The molecule has 0 spiro atoms. The first-order valence-corrected chi connectivity index (χ1v) is 6.35. The van der Waals surface area contributed by atoms with Crippen LogP contribution in [0.4, 0.5) is 5.69 Å². The molecule has 1 aliphatic rings. The van der Waals surface area contributed by atoms with Gasteiger partial charge in [-0.1, -0.05) is 11.6 Å². The quantitative estimate of drug-likeness (QED) is 0.829. The third-order valence-corrected chi connectivity index (χ3v) is 3.61. The molecule has 0 saturated carbocycles. The van der Waals surface area contributed by atoms with Crippen molar-refractivity contribution in [2.75, 3.05) is 4.90 Å². The topological polar surface area (TPSA) is 44.0 Å². The van der Waals surface area contributed by atoms with Gasteiger partial charge in [-0.05, 0) is 30.4 Å². The number of halogens is 1. The van der Waals surface area contributed by atoms with Crippen LogP contribution in [0.2, 0.25) is 5.02 Å². The van der Waals surface area contributed by atoms with Crippen LogP contribution in [0.25, 0.3) is 0 Å². The fourth-order valence-electron chi connectivity index (χ4n) is 2.00. The van der Waals surface area contributed by atoms with Crippen LogP contribution in [0.3, 0.4) is 0 Å². The van der Waals surface area contributed by atoms with Gasteiger partial charge in [0.15, 0.2) is 5.11 Å². The molecule has 92 valence electrons. The van der Waals surface area contributed by atoms with E-state index in [-0.39, 0.29) is 0 Å². The molecule has 0 saturated heterocycles. The number of pyridine rings is 1. The molecule has 18 heavy (non-hydrogen) atoms. The first-order valence-electron chi connectivity index (χ1n) is 5.57. The average Bonchev–Trinajstić information content (AvgIpc) is 2.83. The highest BCUT2D eigenvalue weighted by Crippen LogP contribution is 2.26. The van der Waals surface area contributed by atoms with Gasteiger partial charge in [0.25, 0.3) is 0 Å². The lowest BCUT2D eigenvalue weighted by Crippen LogP contribution is -2.43. The number of nitrogens with one attached hydrogen (secondary N) is 2. The Labute approximate surface area is 115 Å². The van der Waals surface area contributed by atoms with E-state index in [1.54, 1.807) is 6.20 Å². The van der Waals surface area contributed by atoms with Crippen LogP contribution in [0.15, 0.2) is 30.6 Å². The van der Waals surface area contributed by atoms with Gasteiger partial charge in [0.05, 0.1) is 35.2 Å². The average molecular weight is 279 g/mol. The Morgan fingerprint density at radius 3 is 3.17 bits per heavy atom. The molecule has 3 rings (SSSR count). The Balaban J connectivity index is 1.94. The molecule has 3 heterocycles. The van der Waals surface area contributed by atoms with Crippen molar-refractivity contribution in [1.29, 1.82) is 0 Å². The summed E-state index contributed by atoms with van der Waals surface area (Å²) in [5.41, 5.74) is 3.02. The van der Waals surface area contributed by atoms with Gasteiger partial charge in [-0.15, -0.1) is 0 Å². The number of hydrogen-bond acceptors (Lipinski definition) is 2. The zero-order valence-electron chi connectivity index (χ0n) is 9.48. The van der Waals surface area contributed by atoms with Crippen molar-refractivity contribution >= 4 is 34.6 Å². The van der Waals surface area contributed by atoms with E-state index in [1.165, 1.54) is 0 Å². The molecule has 0 aliphatic carbocycles. The molecule has 1 aliphatic heterocycles. The van der Waals surface area contributed by atoms with E-state index in [0.29, 0.717) is 16.7 Å². The predicted molar refractivity (Wildman–Crippen MR) is 75.7 cm³/mol. The number of anilines is 1. The number of hydrogen-bond donors (Lipinski definition) is 2. The third kappa shape index (κ3) is 1.95. The molecule has 6 heteroatoms. The van der Waals surface area contributed by atoms with E-state index in [0.717, 1.165) is 23.6 Å². The van der Waals surface area contributed by atoms with Gasteiger partial charge in [-0.25, -0.2) is 0 Å². The van der Waals surface area contributed by atoms with Crippen molar-refractivity contribution in [2.45, 2.75) is 13.1 Å². The van der Waals surface area contributed by atoms with Crippen LogP contribution >= 0.6 is 23.8 Å². The zero-order valence-corrected chi connectivity index (χ0v) is 11.1. The first-order chi connectivity index (χ1) is 8.75. The Kier molecular flexibility index (Phi) is 2.93. The maximum Gasteiger partial charge on any atom is 0.174 e. The molecule has 0 atom stereocenters. The van der Waals surface area contributed by atoms with Gasteiger partial charge in [-0.3, -0.25) is 4.98 Å². The molecule has 4 nitrogen and oxygen atoms in total. The van der Waals surface area contributed by atoms with E-state index in [9.17, 15) is 0 Å². The number of nitrogens with zero attached hydrogens (tertiary/aromatic N) is 2. The minimum atomic E-state index is 0.566. The van der Waals surface area contributed by atoms with E-state index in [1.807, 2.05) is 29.3 Å². The molecule has 0 fully saturated rings. The Morgan fingerprint density at radius 2 is 2.33 bits per heavy atom. The normalized spacial score (nSPS) is 14.3. The summed E-state index contributed by atoms with van der Waals surface area (Å²) in [7, 11) is 0. The molecule has 2 aromatic heterocycles. The van der Waals surface area contributed by atoms with E-state index in [4.69, 9.17) is 23.8 Å². The standard InChI is InChI=1S/C12H11ClN4S/c13-8-2-1-4-14-10(8)7-17-11-3-5-15-9(11)6-16-12(17)18/h1-5,15H,6-7H2,(H,16,18). The van der Waals surface area contributed by atoms with Crippen molar-refractivity contribution in [3.8, 4) is 0 Å². The predicted octanol–water partition coefficient (Wildman–Crippen LogP) is 2.46. The lowest BCUT2D eigenvalue weighted by atomic mass is 10.2. The molecular formula is C12H11ClN4S. The molecule has 2 N–H and O–H groups in total. The summed E-state index contributed by atoms with van der Waals surface area (Å²) in [6.45, 7) is 1.30. The highest BCUT2D eigenvalue weighted by atomic mass is 35.5. The molecule has 0 radical (unpaired) electrons. The van der Waals surface area contributed by atoms with Gasteiger partial charge in [0.2, 0.25) is 0 Å². The highest BCUT2D eigenvalue weighted by Gasteiger charge is 2.22. The second-order valence-corrected chi connectivity index (χ2v) is 4.81. The fraction of sp³-hybridized carbons (Fsp3) is 0.167. The fourth-order valence-corrected chi connectivity index (χ4v) is 2.42. The molecule has 0 amide bonds. The summed E-state index contributed by atoms with van der Waals surface area (Å²) >= 11 is 11.5. The number of H-pyrrole nitrogens is 1. The maximum atomic E-state index is 6.13. The monoisotopic (exact) mass is 278 g/mol. The van der Waals surface area contributed by atoms with Crippen LogP contribution in [0, 0.1) is 0 Å². The van der Waals surface area contributed by atoms with Crippen LogP contribution < -0.4 is 10.2 Å². The van der Waals surface area contributed by atoms with Crippen molar-refractivity contribution < 1.29 is 0 Å². The Morgan fingerprint density at radius 1 is 1.44 bits per heavy atom. The number of aromatic nitrogens is 2. The Hall–Kier alpha value is -1.59. The van der Waals surface area contributed by atoms with Gasteiger partial charge < -0.3 is 15.2 Å². The van der Waals surface area contributed by atoms with Crippen molar-refractivity contribution in [3.63, 3.8) is 0 Å². The lowest BCUT2D eigenvalue weighted by Gasteiger charge is -2.30. The highest BCUT2D eigenvalue weighted by molar-refractivity contribution is 7.80. The van der Waals surface area contributed by atoms with Crippen LogP contribution in [0.5, 0.6) is 0 Å². The van der Waals surface area contributed by atoms with Crippen LogP contribution in [-0.4, -0.2) is 15.1 Å². The minimum Gasteiger partial charge on any atom is -0.362 e. The van der Waals surface area contributed by atoms with Crippen LogP contribution in [0.1, 0.15) is 11.4 Å². The molecule has 2 aromatic rings. The third-order valence-electron chi connectivity index (χ3n) is 2.90. The zero-order chi connectivity index (χ0) is 12.5. The summed E-state index contributed by atoms with van der Waals surface area (Å²) in [6, 6.07) is 5.67. The lowest BCUT2D eigenvalue weighted by molar-refractivity contribution is 0.808. The maximum absolute atomic E-state index is 6.13. The first kappa shape index (κ1) is 11.5. The van der Waals surface area contributed by atoms with Gasteiger partial charge in [0.1, 0.15) is 0 Å². The molecule has 0 bridgehead atoms. The molecule has 0 unspecified atom stereocenters. The smallest absolute Gasteiger partial charge is 0.174 e. The second-order valence-electron chi connectivity index (χ2n) is 4.02. The van der Waals surface area contributed by atoms with Gasteiger partial charge in [-0.2, -0.15) is 0 Å². The number of thiocarbonyl (C=S) groups is 1. The summed E-state index contributed by atoms with van der Waals surface area (Å²) in [5, 5.41) is 4.52. The SMILES string of the molecule is S=C1NCc2[nH]ccc2N1Cc1ncccc1Cl. The summed E-state index contributed by atoms with van der Waals surface area (Å²) in [6.07, 6.45) is 3.65. The second kappa shape index (κ2) is 4.59. The number of fused-ring (bicyclic) bond motifs is 1. The van der Waals surface area contributed by atoms with Crippen LogP contribution in [-0.2, 0) is 13.1 Å². The van der Waals surface area contributed by atoms with E-state index in [2.05, 4.69) is 15.3 Å². The number of rotatable bonds is 2. The number of aromatic amines is 1. The Bertz CT molecular complexity index is 595. The van der Waals surface area contributed by atoms with E-state index >= 15 is 0 Å². The van der Waals surface area contributed by atoms with Crippen molar-refractivity contribution in [2.24, 2.45) is 0 Å². The largest absolute Gasteiger partial charge is 0.362 e. The minimum absolute atomic E-state index is 0.566. The molecular weight excluding hydrogens is 268 g/mol. The van der Waals surface area contributed by atoms with Gasteiger partial charge in [0, 0.05) is 12.4 Å². The van der Waals surface area contributed by atoms with E-state index < -0.39 is 0 Å². The summed E-state index contributed by atoms with van der Waals surface area (Å²) in [5.74, 6) is 0. The van der Waals surface area contributed by atoms with Crippen molar-refractivity contribution in [1.82, 2.24) is 15.3 Å². The summed E-state index contributed by atoms with van der Waals surface area (Å²) < 4.78 is 0.